The lowest BCUT2D eigenvalue weighted by Gasteiger charge is -2.34. The Labute approximate surface area is 62.8 Å². The highest BCUT2D eigenvalue weighted by molar-refractivity contribution is 4.91. The summed E-state index contributed by atoms with van der Waals surface area (Å²) < 4.78 is 0. The summed E-state index contributed by atoms with van der Waals surface area (Å²) in [5.41, 5.74) is 0.125. The first-order chi connectivity index (χ1) is 4.71. The Bertz CT molecular complexity index is 106. The third-order valence-electron chi connectivity index (χ3n) is 2.78. The van der Waals surface area contributed by atoms with Gasteiger partial charge in [-0.3, -0.25) is 0 Å². The molecule has 0 aromatic rings. The van der Waals surface area contributed by atoms with Crippen LogP contribution in [0.15, 0.2) is 0 Å². The van der Waals surface area contributed by atoms with E-state index in [-0.39, 0.29) is 5.54 Å². The second-order valence-electron chi connectivity index (χ2n) is 3.48. The normalized spacial score (nSPS) is 24.0. The Morgan fingerprint density at radius 1 is 1.30 bits per heavy atom. The van der Waals surface area contributed by atoms with E-state index < -0.39 is 0 Å². The maximum Gasteiger partial charge on any atom is 0.0615 e. The molecule has 60 valence electrons. The SMILES string of the molecule is CN(C)C1(CO)CCCC1. The number of hydrogen-bond donors (Lipinski definition) is 1. The van der Waals surface area contributed by atoms with Gasteiger partial charge in [-0.1, -0.05) is 12.8 Å². The number of hydrogen-bond acceptors (Lipinski definition) is 2. The Morgan fingerprint density at radius 2 is 1.80 bits per heavy atom. The van der Waals surface area contributed by atoms with E-state index in [0.29, 0.717) is 6.61 Å². The van der Waals surface area contributed by atoms with Crippen LogP contribution < -0.4 is 0 Å². The number of rotatable bonds is 2. The lowest BCUT2D eigenvalue weighted by atomic mass is 9.98. The zero-order valence-corrected chi connectivity index (χ0v) is 6.93. The third kappa shape index (κ3) is 1.18. The smallest absolute Gasteiger partial charge is 0.0615 e. The fraction of sp³-hybridized carbons (Fsp3) is 1.00. The molecule has 0 atom stereocenters. The molecule has 10 heavy (non-hydrogen) atoms. The van der Waals surface area contributed by atoms with Crippen molar-refractivity contribution in [3.63, 3.8) is 0 Å². The van der Waals surface area contributed by atoms with Gasteiger partial charge in [0, 0.05) is 5.54 Å². The summed E-state index contributed by atoms with van der Waals surface area (Å²) in [6.45, 7) is 0.319. The second kappa shape index (κ2) is 2.89. The summed E-state index contributed by atoms with van der Waals surface area (Å²) in [6.07, 6.45) is 4.88. The highest BCUT2D eigenvalue weighted by Gasteiger charge is 2.34. The molecule has 0 spiro atoms. The number of aliphatic hydroxyl groups excluding tert-OH is 1. The average Bonchev–Trinajstić information content (AvgIpc) is 2.35. The van der Waals surface area contributed by atoms with Crippen molar-refractivity contribution in [2.24, 2.45) is 0 Å². The summed E-state index contributed by atoms with van der Waals surface area (Å²) in [7, 11) is 4.11. The fourth-order valence-electron chi connectivity index (χ4n) is 1.78. The number of aliphatic hydroxyl groups is 1. The van der Waals surface area contributed by atoms with Gasteiger partial charge < -0.3 is 10.0 Å². The topological polar surface area (TPSA) is 23.5 Å². The highest BCUT2D eigenvalue weighted by Crippen LogP contribution is 2.32. The predicted octanol–water partition coefficient (Wildman–Crippen LogP) is 0.853. The number of likely N-dealkylation sites (N-methyl/N-ethyl adjacent to an activating group) is 1. The Morgan fingerprint density at radius 3 is 2.00 bits per heavy atom. The lowest BCUT2D eigenvalue weighted by molar-refractivity contribution is 0.0741. The molecule has 1 aliphatic carbocycles. The van der Waals surface area contributed by atoms with Gasteiger partial charge in [0.05, 0.1) is 6.61 Å². The zero-order valence-electron chi connectivity index (χ0n) is 6.93. The predicted molar refractivity (Wildman–Crippen MR) is 42.0 cm³/mol. The lowest BCUT2D eigenvalue weighted by Crippen LogP contribution is -2.44. The average molecular weight is 143 g/mol. The van der Waals surface area contributed by atoms with Crippen molar-refractivity contribution >= 4 is 0 Å². The quantitative estimate of drug-likeness (QED) is 0.619. The molecule has 0 amide bonds. The molecule has 0 aromatic heterocycles. The minimum absolute atomic E-state index is 0.125. The first-order valence-electron chi connectivity index (χ1n) is 3.99. The van der Waals surface area contributed by atoms with Crippen LogP contribution in [0.5, 0.6) is 0 Å². The van der Waals surface area contributed by atoms with Gasteiger partial charge in [-0.2, -0.15) is 0 Å². The van der Waals surface area contributed by atoms with Crippen molar-refractivity contribution in [3.05, 3.63) is 0 Å². The molecule has 0 unspecified atom stereocenters. The Hall–Kier alpha value is -0.0800. The van der Waals surface area contributed by atoms with Crippen LogP contribution in [0.25, 0.3) is 0 Å². The second-order valence-corrected chi connectivity index (χ2v) is 3.48. The van der Waals surface area contributed by atoms with E-state index in [2.05, 4.69) is 19.0 Å². The van der Waals surface area contributed by atoms with Crippen molar-refractivity contribution in [1.82, 2.24) is 4.90 Å². The fourth-order valence-corrected chi connectivity index (χ4v) is 1.78. The van der Waals surface area contributed by atoms with E-state index in [1.165, 1.54) is 12.8 Å². The van der Waals surface area contributed by atoms with Crippen LogP contribution in [-0.2, 0) is 0 Å². The molecule has 0 aliphatic heterocycles. The van der Waals surface area contributed by atoms with Gasteiger partial charge in [0.25, 0.3) is 0 Å². The van der Waals surface area contributed by atoms with Crippen LogP contribution in [0.4, 0.5) is 0 Å². The summed E-state index contributed by atoms with van der Waals surface area (Å²) in [6, 6.07) is 0. The van der Waals surface area contributed by atoms with Gasteiger partial charge in [-0.25, -0.2) is 0 Å². The molecule has 1 N–H and O–H groups in total. The first kappa shape index (κ1) is 8.02. The van der Waals surface area contributed by atoms with Crippen molar-refractivity contribution in [2.45, 2.75) is 31.2 Å². The highest BCUT2D eigenvalue weighted by atomic mass is 16.3. The van der Waals surface area contributed by atoms with E-state index in [1.807, 2.05) is 0 Å². The van der Waals surface area contributed by atoms with Crippen molar-refractivity contribution in [3.8, 4) is 0 Å². The van der Waals surface area contributed by atoms with Gasteiger partial charge >= 0.3 is 0 Å². The van der Waals surface area contributed by atoms with Gasteiger partial charge in [-0.15, -0.1) is 0 Å². The van der Waals surface area contributed by atoms with Gasteiger partial charge in [0.2, 0.25) is 0 Å². The first-order valence-corrected chi connectivity index (χ1v) is 3.99. The summed E-state index contributed by atoms with van der Waals surface area (Å²) in [5, 5.41) is 9.15. The van der Waals surface area contributed by atoms with Crippen LogP contribution in [0.2, 0.25) is 0 Å². The Balaban J connectivity index is 2.58. The molecule has 1 saturated carbocycles. The number of nitrogens with zero attached hydrogens (tertiary/aromatic N) is 1. The molecular weight excluding hydrogens is 126 g/mol. The van der Waals surface area contributed by atoms with Crippen LogP contribution in [0.3, 0.4) is 0 Å². The summed E-state index contributed by atoms with van der Waals surface area (Å²) in [4.78, 5) is 2.17. The standard InChI is InChI=1S/C8H17NO/c1-9(2)8(7-10)5-3-4-6-8/h10H,3-7H2,1-2H3. The van der Waals surface area contributed by atoms with Crippen molar-refractivity contribution in [2.75, 3.05) is 20.7 Å². The van der Waals surface area contributed by atoms with E-state index in [9.17, 15) is 0 Å². The molecule has 0 heterocycles. The van der Waals surface area contributed by atoms with Crippen LogP contribution >= 0.6 is 0 Å². The van der Waals surface area contributed by atoms with Crippen LogP contribution in [0.1, 0.15) is 25.7 Å². The molecule has 1 fully saturated rings. The van der Waals surface area contributed by atoms with E-state index in [4.69, 9.17) is 5.11 Å². The van der Waals surface area contributed by atoms with E-state index >= 15 is 0 Å². The molecular formula is C8H17NO. The zero-order chi connectivity index (χ0) is 7.61. The maximum absolute atomic E-state index is 9.15. The van der Waals surface area contributed by atoms with Gasteiger partial charge in [0.1, 0.15) is 0 Å². The molecule has 0 bridgehead atoms. The molecule has 1 rings (SSSR count). The van der Waals surface area contributed by atoms with E-state index in [1.54, 1.807) is 0 Å². The maximum atomic E-state index is 9.15. The third-order valence-corrected chi connectivity index (χ3v) is 2.78. The van der Waals surface area contributed by atoms with Crippen LogP contribution in [-0.4, -0.2) is 36.2 Å². The van der Waals surface area contributed by atoms with Gasteiger partial charge in [-0.05, 0) is 26.9 Å². The van der Waals surface area contributed by atoms with E-state index in [0.717, 1.165) is 12.8 Å². The monoisotopic (exact) mass is 143 g/mol. The molecule has 0 aromatic carbocycles. The molecule has 0 radical (unpaired) electrons. The minimum Gasteiger partial charge on any atom is -0.394 e. The molecule has 2 heteroatoms. The summed E-state index contributed by atoms with van der Waals surface area (Å²) >= 11 is 0. The van der Waals surface area contributed by atoms with Crippen LogP contribution in [0, 0.1) is 0 Å². The van der Waals surface area contributed by atoms with Gasteiger partial charge in [0.15, 0.2) is 0 Å². The van der Waals surface area contributed by atoms with Crippen molar-refractivity contribution < 1.29 is 5.11 Å². The Kier molecular flexibility index (Phi) is 2.32. The molecule has 1 aliphatic rings. The minimum atomic E-state index is 0.125. The largest absolute Gasteiger partial charge is 0.394 e. The summed E-state index contributed by atoms with van der Waals surface area (Å²) in [5.74, 6) is 0. The van der Waals surface area contributed by atoms with Crippen molar-refractivity contribution in [1.29, 1.82) is 0 Å². The molecule has 2 nitrogen and oxygen atoms in total. The molecule has 0 saturated heterocycles.